The zero-order chi connectivity index (χ0) is 14.5. The van der Waals surface area contributed by atoms with Crippen molar-refractivity contribution in [1.29, 1.82) is 0 Å². The van der Waals surface area contributed by atoms with E-state index in [1.807, 2.05) is 6.92 Å². The van der Waals surface area contributed by atoms with Crippen LogP contribution in [0.2, 0.25) is 0 Å². The third-order valence-corrected chi connectivity index (χ3v) is 2.74. The van der Waals surface area contributed by atoms with E-state index in [-0.39, 0.29) is 23.2 Å². The molecule has 106 valence electrons. The van der Waals surface area contributed by atoms with Gasteiger partial charge in [0.05, 0.1) is 0 Å². The predicted molar refractivity (Wildman–Crippen MR) is 72.3 cm³/mol. The Balaban J connectivity index is 4.29. The normalized spacial score (nSPS) is 15.3. The summed E-state index contributed by atoms with van der Waals surface area (Å²) in [6.07, 6.45) is 1.33. The van der Waals surface area contributed by atoms with Crippen molar-refractivity contribution in [2.45, 2.75) is 60.4 Å². The van der Waals surface area contributed by atoms with Crippen LogP contribution in [0.3, 0.4) is 0 Å². The second-order valence-corrected chi connectivity index (χ2v) is 6.70. The van der Waals surface area contributed by atoms with Gasteiger partial charge in [0, 0.05) is 6.42 Å². The summed E-state index contributed by atoms with van der Waals surface area (Å²) in [6, 6.07) is -0.792. The lowest BCUT2D eigenvalue weighted by atomic mass is 9.84. The Kier molecular flexibility index (Phi) is 6.36. The van der Waals surface area contributed by atoms with Crippen LogP contribution in [0.15, 0.2) is 0 Å². The summed E-state index contributed by atoms with van der Waals surface area (Å²) in [4.78, 5) is 22.8. The van der Waals surface area contributed by atoms with Crippen molar-refractivity contribution >= 4 is 11.9 Å². The van der Waals surface area contributed by atoms with Crippen LogP contribution in [0.25, 0.3) is 0 Å². The molecule has 0 heterocycles. The van der Waals surface area contributed by atoms with E-state index in [9.17, 15) is 9.59 Å². The van der Waals surface area contributed by atoms with E-state index >= 15 is 0 Å². The van der Waals surface area contributed by atoms with E-state index < -0.39 is 12.0 Å². The van der Waals surface area contributed by atoms with Crippen molar-refractivity contribution in [3.05, 3.63) is 0 Å². The molecule has 0 aliphatic heterocycles. The molecule has 2 unspecified atom stereocenters. The zero-order valence-corrected chi connectivity index (χ0v) is 12.4. The van der Waals surface area contributed by atoms with E-state index in [2.05, 4.69) is 26.1 Å². The lowest BCUT2D eigenvalue weighted by molar-refractivity contribution is -0.143. The summed E-state index contributed by atoms with van der Waals surface area (Å²) in [5, 5.41) is 11.6. The Hall–Kier alpha value is -1.06. The SMILES string of the molecule is CC(CC(=O)NC(C(=O)O)C(C)C)CC(C)(C)C. The first kappa shape index (κ1) is 16.9. The fourth-order valence-electron chi connectivity index (χ4n) is 2.18. The van der Waals surface area contributed by atoms with E-state index in [4.69, 9.17) is 5.11 Å². The molecule has 0 fully saturated rings. The Morgan fingerprint density at radius 1 is 1.17 bits per heavy atom. The molecule has 0 bridgehead atoms. The van der Waals surface area contributed by atoms with Gasteiger partial charge >= 0.3 is 5.97 Å². The number of carbonyl (C=O) groups is 2. The minimum Gasteiger partial charge on any atom is -0.480 e. The molecule has 2 atom stereocenters. The quantitative estimate of drug-likeness (QED) is 0.768. The van der Waals surface area contributed by atoms with E-state index in [0.717, 1.165) is 6.42 Å². The standard InChI is InChI=1S/C14H27NO3/c1-9(2)12(13(17)18)15-11(16)7-10(3)8-14(4,5)6/h9-10,12H,7-8H2,1-6H3,(H,15,16)(H,17,18). The molecule has 2 N–H and O–H groups in total. The van der Waals surface area contributed by atoms with Gasteiger partial charge in [-0.1, -0.05) is 41.5 Å². The highest BCUT2D eigenvalue weighted by molar-refractivity contribution is 5.83. The highest BCUT2D eigenvalue weighted by Gasteiger charge is 2.24. The number of aliphatic carboxylic acids is 1. The number of carbonyl (C=O) groups excluding carboxylic acids is 1. The average Bonchev–Trinajstić information content (AvgIpc) is 2.09. The summed E-state index contributed by atoms with van der Waals surface area (Å²) in [7, 11) is 0. The molecule has 0 rings (SSSR count). The van der Waals surface area contributed by atoms with Gasteiger partial charge < -0.3 is 10.4 Å². The van der Waals surface area contributed by atoms with Crippen LogP contribution in [-0.2, 0) is 9.59 Å². The van der Waals surface area contributed by atoms with Crippen LogP contribution < -0.4 is 5.32 Å². The number of hydrogen-bond acceptors (Lipinski definition) is 2. The molecule has 1 amide bonds. The van der Waals surface area contributed by atoms with Crippen LogP contribution in [0.1, 0.15) is 54.4 Å². The van der Waals surface area contributed by atoms with Gasteiger partial charge in [-0.05, 0) is 23.7 Å². The number of nitrogens with one attached hydrogen (secondary N) is 1. The van der Waals surface area contributed by atoms with Crippen LogP contribution in [0.4, 0.5) is 0 Å². The maximum Gasteiger partial charge on any atom is 0.326 e. The smallest absolute Gasteiger partial charge is 0.326 e. The molecule has 0 spiro atoms. The minimum absolute atomic E-state index is 0.107. The molecule has 0 aliphatic rings. The Morgan fingerprint density at radius 2 is 1.67 bits per heavy atom. The second kappa shape index (κ2) is 6.76. The topological polar surface area (TPSA) is 66.4 Å². The van der Waals surface area contributed by atoms with Crippen LogP contribution in [-0.4, -0.2) is 23.0 Å². The highest BCUT2D eigenvalue weighted by atomic mass is 16.4. The number of amides is 1. The Bertz CT molecular complexity index is 292. The minimum atomic E-state index is -0.971. The van der Waals surface area contributed by atoms with Gasteiger partial charge in [0.2, 0.25) is 5.91 Å². The van der Waals surface area contributed by atoms with Gasteiger partial charge in [-0.25, -0.2) is 4.79 Å². The van der Waals surface area contributed by atoms with Crippen molar-refractivity contribution in [2.75, 3.05) is 0 Å². The van der Waals surface area contributed by atoms with Gasteiger partial charge in [0.25, 0.3) is 0 Å². The summed E-state index contributed by atoms with van der Waals surface area (Å²) in [6.45, 7) is 12.0. The average molecular weight is 257 g/mol. The molecular formula is C14H27NO3. The third-order valence-electron chi connectivity index (χ3n) is 2.74. The number of hydrogen-bond donors (Lipinski definition) is 2. The fourth-order valence-corrected chi connectivity index (χ4v) is 2.18. The van der Waals surface area contributed by atoms with Gasteiger partial charge in [0.1, 0.15) is 6.04 Å². The van der Waals surface area contributed by atoms with Crippen LogP contribution >= 0.6 is 0 Å². The van der Waals surface area contributed by atoms with Gasteiger partial charge in [0.15, 0.2) is 0 Å². The van der Waals surface area contributed by atoms with Crippen molar-refractivity contribution in [1.82, 2.24) is 5.32 Å². The predicted octanol–water partition coefficient (Wildman–Crippen LogP) is 2.67. The maximum absolute atomic E-state index is 11.8. The van der Waals surface area contributed by atoms with Crippen molar-refractivity contribution in [2.24, 2.45) is 17.3 Å². The first-order valence-corrected chi connectivity index (χ1v) is 6.55. The van der Waals surface area contributed by atoms with E-state index in [1.165, 1.54) is 0 Å². The molecule has 0 saturated carbocycles. The first-order chi connectivity index (χ1) is 8.03. The highest BCUT2D eigenvalue weighted by Crippen LogP contribution is 2.25. The molecule has 0 radical (unpaired) electrons. The summed E-state index contributed by atoms with van der Waals surface area (Å²) in [5.41, 5.74) is 0.184. The molecular weight excluding hydrogens is 230 g/mol. The van der Waals surface area contributed by atoms with Crippen molar-refractivity contribution < 1.29 is 14.7 Å². The molecule has 4 nitrogen and oxygen atoms in total. The molecule has 0 aliphatic carbocycles. The lowest BCUT2D eigenvalue weighted by Crippen LogP contribution is -2.44. The third kappa shape index (κ3) is 7.30. The van der Waals surface area contributed by atoms with Crippen LogP contribution in [0.5, 0.6) is 0 Å². The molecule has 0 aromatic rings. The summed E-state index contributed by atoms with van der Waals surface area (Å²) < 4.78 is 0. The van der Waals surface area contributed by atoms with Crippen LogP contribution in [0, 0.1) is 17.3 Å². The molecule has 18 heavy (non-hydrogen) atoms. The Morgan fingerprint density at radius 3 is 2.00 bits per heavy atom. The van der Waals surface area contributed by atoms with E-state index in [0.29, 0.717) is 6.42 Å². The number of carboxylic acid groups (broad SMARTS) is 1. The van der Waals surface area contributed by atoms with Crippen molar-refractivity contribution in [3.63, 3.8) is 0 Å². The number of carboxylic acids is 1. The van der Waals surface area contributed by atoms with E-state index in [1.54, 1.807) is 13.8 Å². The lowest BCUT2D eigenvalue weighted by Gasteiger charge is -2.24. The zero-order valence-electron chi connectivity index (χ0n) is 12.4. The molecule has 4 heteroatoms. The largest absolute Gasteiger partial charge is 0.480 e. The second-order valence-electron chi connectivity index (χ2n) is 6.70. The maximum atomic E-state index is 11.8. The monoisotopic (exact) mass is 257 g/mol. The summed E-state index contributed by atoms with van der Waals surface area (Å²) in [5.74, 6) is -0.995. The molecule has 0 saturated heterocycles. The van der Waals surface area contributed by atoms with Crippen molar-refractivity contribution in [3.8, 4) is 0 Å². The van der Waals surface area contributed by atoms with Gasteiger partial charge in [-0.15, -0.1) is 0 Å². The molecule has 0 aromatic carbocycles. The van der Waals surface area contributed by atoms with Gasteiger partial charge in [-0.3, -0.25) is 4.79 Å². The fraction of sp³-hybridized carbons (Fsp3) is 0.857. The first-order valence-electron chi connectivity index (χ1n) is 6.55. The Labute approximate surface area is 110 Å². The molecule has 0 aromatic heterocycles. The number of rotatable bonds is 6. The summed E-state index contributed by atoms with van der Waals surface area (Å²) >= 11 is 0. The van der Waals surface area contributed by atoms with Gasteiger partial charge in [-0.2, -0.15) is 0 Å².